The molecule has 20 heavy (non-hydrogen) atoms. The standard InChI is InChI=1S/C12H13N7O/c1-7-13-4-3-9(15-7)6-14-10-5-11-17-18-12(20)19(11)8(2)16-10/h3-5,14H,6H2,1-2H3,(H,18,20). The predicted molar refractivity (Wildman–Crippen MR) is 72.4 cm³/mol. The summed E-state index contributed by atoms with van der Waals surface area (Å²) < 4.78 is 1.42. The largest absolute Gasteiger partial charge is 0.364 e. The maximum atomic E-state index is 11.5. The molecule has 0 radical (unpaired) electrons. The van der Waals surface area contributed by atoms with E-state index >= 15 is 0 Å². The second-order valence-electron chi connectivity index (χ2n) is 4.36. The highest BCUT2D eigenvalue weighted by Gasteiger charge is 2.06. The number of fused-ring (bicyclic) bond motifs is 1. The maximum Gasteiger partial charge on any atom is 0.349 e. The summed E-state index contributed by atoms with van der Waals surface area (Å²) in [6.45, 7) is 4.12. The Morgan fingerprint density at radius 3 is 3.00 bits per heavy atom. The number of aromatic amines is 1. The van der Waals surface area contributed by atoms with E-state index in [0.29, 0.717) is 23.8 Å². The molecule has 0 atom stereocenters. The van der Waals surface area contributed by atoms with Gasteiger partial charge in [-0.05, 0) is 19.9 Å². The zero-order chi connectivity index (χ0) is 14.1. The Kier molecular flexibility index (Phi) is 2.90. The summed E-state index contributed by atoms with van der Waals surface area (Å²) in [7, 11) is 0. The van der Waals surface area contributed by atoms with Crippen LogP contribution in [0.3, 0.4) is 0 Å². The fourth-order valence-corrected chi connectivity index (χ4v) is 1.97. The SMILES string of the molecule is Cc1nccc(CNc2cc3n[nH]c(=O)n3c(C)n2)n1. The van der Waals surface area contributed by atoms with Crippen LogP contribution in [-0.4, -0.2) is 29.5 Å². The van der Waals surface area contributed by atoms with Crippen LogP contribution < -0.4 is 11.0 Å². The van der Waals surface area contributed by atoms with Crippen molar-refractivity contribution in [3.63, 3.8) is 0 Å². The average Bonchev–Trinajstić information content (AvgIpc) is 2.79. The second kappa shape index (κ2) is 4.72. The average molecular weight is 271 g/mol. The van der Waals surface area contributed by atoms with Crippen LogP contribution in [0.25, 0.3) is 5.65 Å². The molecule has 3 heterocycles. The molecule has 2 N–H and O–H groups in total. The van der Waals surface area contributed by atoms with E-state index < -0.39 is 0 Å². The summed E-state index contributed by atoms with van der Waals surface area (Å²) in [5, 5.41) is 9.48. The third kappa shape index (κ3) is 2.22. The van der Waals surface area contributed by atoms with Gasteiger partial charge in [-0.1, -0.05) is 0 Å². The van der Waals surface area contributed by atoms with Crippen LogP contribution in [0.15, 0.2) is 23.1 Å². The van der Waals surface area contributed by atoms with Gasteiger partial charge in [0.15, 0.2) is 5.65 Å². The van der Waals surface area contributed by atoms with Crippen LogP contribution in [-0.2, 0) is 6.54 Å². The molecule has 8 heteroatoms. The fourth-order valence-electron chi connectivity index (χ4n) is 1.97. The molecule has 0 aliphatic rings. The highest BCUT2D eigenvalue weighted by atomic mass is 16.1. The zero-order valence-electron chi connectivity index (χ0n) is 11.1. The van der Waals surface area contributed by atoms with E-state index in [-0.39, 0.29) is 5.69 Å². The van der Waals surface area contributed by atoms with Crippen molar-refractivity contribution in [2.75, 3.05) is 5.32 Å². The summed E-state index contributed by atoms with van der Waals surface area (Å²) in [5.74, 6) is 1.94. The van der Waals surface area contributed by atoms with Crippen molar-refractivity contribution >= 4 is 11.5 Å². The molecule has 3 aromatic heterocycles. The summed E-state index contributed by atoms with van der Waals surface area (Å²) >= 11 is 0. The summed E-state index contributed by atoms with van der Waals surface area (Å²) in [6, 6.07) is 3.55. The van der Waals surface area contributed by atoms with Crippen LogP contribution in [0.1, 0.15) is 17.3 Å². The van der Waals surface area contributed by atoms with Crippen LogP contribution >= 0.6 is 0 Å². The molecule has 8 nitrogen and oxygen atoms in total. The first-order chi connectivity index (χ1) is 9.63. The van der Waals surface area contributed by atoms with Gasteiger partial charge in [0.25, 0.3) is 0 Å². The second-order valence-corrected chi connectivity index (χ2v) is 4.36. The van der Waals surface area contributed by atoms with Crippen molar-refractivity contribution in [1.82, 2.24) is 29.5 Å². The number of aromatic nitrogens is 6. The molecule has 102 valence electrons. The number of hydrogen-bond donors (Lipinski definition) is 2. The van der Waals surface area contributed by atoms with Crippen molar-refractivity contribution in [1.29, 1.82) is 0 Å². The Morgan fingerprint density at radius 1 is 1.35 bits per heavy atom. The molecule has 0 saturated carbocycles. The highest BCUT2D eigenvalue weighted by Crippen LogP contribution is 2.09. The Bertz CT molecular complexity index is 820. The molecule has 3 rings (SSSR count). The Hall–Kier alpha value is -2.77. The molecule has 0 unspecified atom stereocenters. The lowest BCUT2D eigenvalue weighted by Gasteiger charge is -2.07. The topological polar surface area (TPSA) is 101 Å². The van der Waals surface area contributed by atoms with E-state index in [1.54, 1.807) is 19.2 Å². The van der Waals surface area contributed by atoms with Crippen LogP contribution in [0.2, 0.25) is 0 Å². The number of anilines is 1. The molecule has 0 spiro atoms. The van der Waals surface area contributed by atoms with Gasteiger partial charge in [0, 0.05) is 12.3 Å². The first kappa shape index (κ1) is 12.3. The van der Waals surface area contributed by atoms with E-state index in [4.69, 9.17) is 0 Å². The third-order valence-electron chi connectivity index (χ3n) is 2.85. The Balaban J connectivity index is 1.86. The molecular weight excluding hydrogens is 258 g/mol. The molecule has 0 bridgehead atoms. The normalized spacial score (nSPS) is 10.9. The van der Waals surface area contributed by atoms with Crippen molar-refractivity contribution in [3.05, 3.63) is 46.2 Å². The van der Waals surface area contributed by atoms with Crippen molar-refractivity contribution in [2.24, 2.45) is 0 Å². The van der Waals surface area contributed by atoms with Crippen LogP contribution in [0.5, 0.6) is 0 Å². The van der Waals surface area contributed by atoms with Gasteiger partial charge in [-0.15, -0.1) is 0 Å². The fraction of sp³-hybridized carbons (Fsp3) is 0.250. The first-order valence-electron chi connectivity index (χ1n) is 6.10. The molecule has 0 aliphatic heterocycles. The number of rotatable bonds is 3. The molecule has 3 aromatic rings. The lowest BCUT2D eigenvalue weighted by atomic mass is 10.4. The minimum absolute atomic E-state index is 0.289. The van der Waals surface area contributed by atoms with Gasteiger partial charge in [0.05, 0.1) is 12.2 Å². The molecule has 0 aliphatic carbocycles. The number of aryl methyl sites for hydroxylation is 2. The number of nitrogens with one attached hydrogen (secondary N) is 2. The van der Waals surface area contributed by atoms with E-state index in [0.717, 1.165) is 11.5 Å². The predicted octanol–water partition coefficient (Wildman–Crippen LogP) is 0.437. The molecule has 0 amide bonds. The lowest BCUT2D eigenvalue weighted by molar-refractivity contribution is 0.917. The Morgan fingerprint density at radius 2 is 2.20 bits per heavy atom. The van der Waals surface area contributed by atoms with Crippen LogP contribution in [0.4, 0.5) is 5.82 Å². The molecule has 0 aromatic carbocycles. The van der Waals surface area contributed by atoms with Crippen molar-refractivity contribution < 1.29 is 0 Å². The van der Waals surface area contributed by atoms with E-state index in [2.05, 4.69) is 30.5 Å². The molecular formula is C12H13N7O. The quantitative estimate of drug-likeness (QED) is 0.716. The van der Waals surface area contributed by atoms with Crippen molar-refractivity contribution in [2.45, 2.75) is 20.4 Å². The lowest BCUT2D eigenvalue weighted by Crippen LogP contribution is -2.14. The van der Waals surface area contributed by atoms with Crippen LogP contribution in [0, 0.1) is 13.8 Å². The molecule has 0 fully saturated rings. The summed E-state index contributed by atoms with van der Waals surface area (Å²) in [5.41, 5.74) is 1.11. The first-order valence-corrected chi connectivity index (χ1v) is 6.10. The van der Waals surface area contributed by atoms with E-state index in [9.17, 15) is 4.79 Å². The van der Waals surface area contributed by atoms with Gasteiger partial charge in [0.2, 0.25) is 0 Å². The number of H-pyrrole nitrogens is 1. The smallest absolute Gasteiger partial charge is 0.349 e. The minimum atomic E-state index is -0.289. The van der Waals surface area contributed by atoms with Gasteiger partial charge < -0.3 is 5.32 Å². The van der Waals surface area contributed by atoms with Gasteiger partial charge >= 0.3 is 5.69 Å². The number of hydrogen-bond acceptors (Lipinski definition) is 6. The highest BCUT2D eigenvalue weighted by molar-refractivity contribution is 5.49. The van der Waals surface area contributed by atoms with Gasteiger partial charge in [0.1, 0.15) is 17.5 Å². The van der Waals surface area contributed by atoms with Gasteiger partial charge in [-0.3, -0.25) is 0 Å². The molecule has 0 saturated heterocycles. The number of nitrogens with zero attached hydrogens (tertiary/aromatic N) is 5. The maximum absolute atomic E-state index is 11.5. The van der Waals surface area contributed by atoms with E-state index in [1.807, 2.05) is 13.0 Å². The zero-order valence-corrected chi connectivity index (χ0v) is 11.1. The van der Waals surface area contributed by atoms with Gasteiger partial charge in [-0.2, -0.15) is 5.10 Å². The monoisotopic (exact) mass is 271 g/mol. The van der Waals surface area contributed by atoms with Gasteiger partial charge in [-0.25, -0.2) is 29.2 Å². The Labute approximate surface area is 113 Å². The van der Waals surface area contributed by atoms with E-state index in [1.165, 1.54) is 4.40 Å². The summed E-state index contributed by atoms with van der Waals surface area (Å²) in [6.07, 6.45) is 1.72. The third-order valence-corrected chi connectivity index (χ3v) is 2.85. The minimum Gasteiger partial charge on any atom is -0.364 e. The summed E-state index contributed by atoms with van der Waals surface area (Å²) in [4.78, 5) is 24.2. The van der Waals surface area contributed by atoms with Crippen molar-refractivity contribution in [3.8, 4) is 0 Å².